The highest BCUT2D eigenvalue weighted by Crippen LogP contribution is 2.27. The number of anilines is 1. The molecule has 20 heavy (non-hydrogen) atoms. The summed E-state index contributed by atoms with van der Waals surface area (Å²) in [5.41, 5.74) is 0.235. The summed E-state index contributed by atoms with van der Waals surface area (Å²) in [6.07, 6.45) is 0.0685. The van der Waals surface area contributed by atoms with E-state index in [9.17, 15) is 14.9 Å². The minimum Gasteiger partial charge on any atom is -0.375 e. The topological polar surface area (TPSA) is 93.5 Å². The van der Waals surface area contributed by atoms with Gasteiger partial charge in [0.1, 0.15) is 5.02 Å². The van der Waals surface area contributed by atoms with Gasteiger partial charge in [-0.3, -0.25) is 14.9 Å². The molecule has 0 bridgehead atoms. The number of morpholine rings is 1. The van der Waals surface area contributed by atoms with Crippen molar-refractivity contribution in [3.05, 3.63) is 33.3 Å². The Kier molecular flexibility index (Phi) is 4.89. The summed E-state index contributed by atoms with van der Waals surface area (Å²) >= 11 is 5.77. The number of nitro groups is 1. The zero-order valence-electron chi connectivity index (χ0n) is 10.6. The first-order valence-electron chi connectivity index (χ1n) is 6.12. The second-order valence-electron chi connectivity index (χ2n) is 4.37. The van der Waals surface area contributed by atoms with Gasteiger partial charge < -0.3 is 15.4 Å². The smallest absolute Gasteiger partial charge is 0.288 e. The van der Waals surface area contributed by atoms with E-state index >= 15 is 0 Å². The summed E-state index contributed by atoms with van der Waals surface area (Å²) in [7, 11) is 0. The fraction of sp³-hybridized carbons (Fsp3) is 0.417. The van der Waals surface area contributed by atoms with E-state index in [4.69, 9.17) is 16.3 Å². The predicted octanol–water partition coefficient (Wildman–Crippen LogP) is 1.57. The van der Waals surface area contributed by atoms with Gasteiger partial charge in [0.2, 0.25) is 5.91 Å². The molecule has 1 atom stereocenters. The lowest BCUT2D eigenvalue weighted by molar-refractivity contribution is -0.384. The Balaban J connectivity index is 1.93. The van der Waals surface area contributed by atoms with Crippen molar-refractivity contribution in [2.75, 3.05) is 25.0 Å². The van der Waals surface area contributed by atoms with Crippen LogP contribution in [0.2, 0.25) is 5.02 Å². The highest BCUT2D eigenvalue weighted by molar-refractivity contribution is 6.33. The molecule has 0 radical (unpaired) electrons. The molecule has 0 aromatic heterocycles. The first-order valence-corrected chi connectivity index (χ1v) is 6.50. The van der Waals surface area contributed by atoms with Gasteiger partial charge in [0.25, 0.3) is 5.69 Å². The fourth-order valence-corrected chi connectivity index (χ4v) is 2.15. The van der Waals surface area contributed by atoms with Crippen molar-refractivity contribution in [2.24, 2.45) is 0 Å². The zero-order valence-corrected chi connectivity index (χ0v) is 11.4. The number of amides is 1. The van der Waals surface area contributed by atoms with E-state index in [-0.39, 0.29) is 29.1 Å². The van der Waals surface area contributed by atoms with E-state index in [1.54, 1.807) is 0 Å². The summed E-state index contributed by atoms with van der Waals surface area (Å²) < 4.78 is 5.42. The van der Waals surface area contributed by atoms with Crippen molar-refractivity contribution in [3.63, 3.8) is 0 Å². The molecule has 1 saturated heterocycles. The van der Waals surface area contributed by atoms with Crippen molar-refractivity contribution in [1.82, 2.24) is 5.32 Å². The Morgan fingerprint density at radius 1 is 1.60 bits per heavy atom. The van der Waals surface area contributed by atoms with Crippen molar-refractivity contribution in [2.45, 2.75) is 12.5 Å². The highest BCUT2D eigenvalue weighted by atomic mass is 35.5. The van der Waals surface area contributed by atoms with Crippen LogP contribution in [0.25, 0.3) is 0 Å². The van der Waals surface area contributed by atoms with E-state index < -0.39 is 4.92 Å². The number of ether oxygens (including phenoxy) is 1. The molecule has 1 aromatic carbocycles. The number of carbonyl (C=O) groups excluding carboxylic acids is 1. The molecular weight excluding hydrogens is 286 g/mol. The van der Waals surface area contributed by atoms with Crippen LogP contribution in [-0.4, -0.2) is 36.6 Å². The number of nitro benzene ring substituents is 1. The zero-order chi connectivity index (χ0) is 14.5. The normalized spacial score (nSPS) is 18.6. The van der Waals surface area contributed by atoms with E-state index in [0.717, 1.165) is 6.54 Å². The summed E-state index contributed by atoms with van der Waals surface area (Å²) in [6, 6.07) is 4.07. The van der Waals surface area contributed by atoms with Gasteiger partial charge in [-0.1, -0.05) is 11.6 Å². The van der Waals surface area contributed by atoms with E-state index in [0.29, 0.717) is 18.8 Å². The van der Waals surface area contributed by atoms with Gasteiger partial charge in [0.15, 0.2) is 0 Å². The first kappa shape index (κ1) is 14.7. The Hall–Kier alpha value is -1.70. The number of hydrogen-bond acceptors (Lipinski definition) is 5. The third-order valence-corrected chi connectivity index (χ3v) is 3.15. The monoisotopic (exact) mass is 299 g/mol. The molecule has 1 aliphatic rings. The fourth-order valence-electron chi connectivity index (χ4n) is 1.90. The molecule has 2 rings (SSSR count). The van der Waals surface area contributed by atoms with Crippen LogP contribution in [0.5, 0.6) is 0 Å². The number of halogens is 1. The van der Waals surface area contributed by atoms with Crippen LogP contribution in [0, 0.1) is 10.1 Å². The molecule has 7 nitrogen and oxygen atoms in total. The lowest BCUT2D eigenvalue weighted by Gasteiger charge is -2.23. The lowest BCUT2D eigenvalue weighted by Crippen LogP contribution is -2.40. The molecule has 0 saturated carbocycles. The minimum absolute atomic E-state index is 0.0108. The van der Waals surface area contributed by atoms with Crippen molar-refractivity contribution < 1.29 is 14.5 Å². The largest absolute Gasteiger partial charge is 0.375 e. The van der Waals surface area contributed by atoms with Crippen molar-refractivity contribution >= 4 is 28.9 Å². The van der Waals surface area contributed by atoms with Gasteiger partial charge >= 0.3 is 0 Å². The number of hydrogen-bond donors (Lipinski definition) is 2. The molecule has 1 fully saturated rings. The lowest BCUT2D eigenvalue weighted by atomic mass is 10.2. The predicted molar refractivity (Wildman–Crippen MR) is 74.0 cm³/mol. The Morgan fingerprint density at radius 3 is 3.00 bits per heavy atom. The minimum atomic E-state index is -0.574. The number of carbonyl (C=O) groups is 1. The van der Waals surface area contributed by atoms with E-state index in [2.05, 4.69) is 10.6 Å². The maximum atomic E-state index is 11.8. The molecule has 1 aromatic rings. The van der Waals surface area contributed by atoms with E-state index in [1.807, 2.05) is 0 Å². The second-order valence-corrected chi connectivity index (χ2v) is 4.78. The third-order valence-electron chi connectivity index (χ3n) is 2.85. The average molecular weight is 300 g/mol. The summed E-state index contributed by atoms with van der Waals surface area (Å²) in [5, 5.41) is 16.4. The van der Waals surface area contributed by atoms with Crippen LogP contribution >= 0.6 is 11.6 Å². The van der Waals surface area contributed by atoms with Gasteiger partial charge in [-0.15, -0.1) is 0 Å². The molecule has 1 amide bonds. The van der Waals surface area contributed by atoms with Crippen LogP contribution < -0.4 is 10.6 Å². The van der Waals surface area contributed by atoms with Gasteiger partial charge in [0, 0.05) is 24.8 Å². The van der Waals surface area contributed by atoms with Gasteiger partial charge in [0.05, 0.1) is 24.1 Å². The van der Waals surface area contributed by atoms with Crippen LogP contribution in [0.3, 0.4) is 0 Å². The van der Waals surface area contributed by atoms with Gasteiger partial charge in [-0.2, -0.15) is 0 Å². The summed E-state index contributed by atoms with van der Waals surface area (Å²) in [5.74, 6) is -0.219. The van der Waals surface area contributed by atoms with Crippen molar-refractivity contribution in [1.29, 1.82) is 0 Å². The van der Waals surface area contributed by atoms with Crippen LogP contribution in [0.4, 0.5) is 11.4 Å². The van der Waals surface area contributed by atoms with E-state index in [1.165, 1.54) is 18.2 Å². The number of nitrogens with zero attached hydrogens (tertiary/aromatic N) is 1. The van der Waals surface area contributed by atoms with Gasteiger partial charge in [-0.25, -0.2) is 0 Å². The van der Waals surface area contributed by atoms with Crippen LogP contribution in [0.1, 0.15) is 6.42 Å². The Bertz CT molecular complexity index is 517. The highest BCUT2D eigenvalue weighted by Gasteiger charge is 2.18. The quantitative estimate of drug-likeness (QED) is 0.650. The maximum absolute atomic E-state index is 11.8. The molecule has 2 N–H and O–H groups in total. The Labute approximate surface area is 120 Å². The van der Waals surface area contributed by atoms with Crippen LogP contribution in [0.15, 0.2) is 18.2 Å². The summed E-state index contributed by atoms with van der Waals surface area (Å²) in [6.45, 7) is 2.01. The SMILES string of the molecule is O=C(CC1CNCCO1)Nc1ccc([N+](=O)[O-])c(Cl)c1. The number of rotatable bonds is 4. The number of nitrogens with one attached hydrogen (secondary N) is 2. The molecule has 1 heterocycles. The average Bonchev–Trinajstić information content (AvgIpc) is 2.39. The van der Waals surface area contributed by atoms with Crippen molar-refractivity contribution in [3.8, 4) is 0 Å². The third kappa shape index (κ3) is 3.89. The summed E-state index contributed by atoms with van der Waals surface area (Å²) in [4.78, 5) is 21.9. The molecule has 8 heteroatoms. The number of benzene rings is 1. The molecule has 1 unspecified atom stereocenters. The Morgan fingerprint density at radius 2 is 2.40 bits per heavy atom. The molecule has 0 aliphatic carbocycles. The first-order chi connectivity index (χ1) is 9.56. The van der Waals surface area contributed by atoms with Crippen LogP contribution in [-0.2, 0) is 9.53 Å². The second kappa shape index (κ2) is 6.65. The molecule has 1 aliphatic heterocycles. The molecule has 108 valence electrons. The molecule has 0 spiro atoms. The maximum Gasteiger partial charge on any atom is 0.288 e. The van der Waals surface area contributed by atoms with Gasteiger partial charge in [-0.05, 0) is 12.1 Å². The molecular formula is C12H14ClN3O4. The standard InChI is InChI=1S/C12H14ClN3O4/c13-10-5-8(1-2-11(10)16(18)19)15-12(17)6-9-7-14-3-4-20-9/h1-2,5,9,14H,3-4,6-7H2,(H,15,17).